The molecule has 0 saturated carbocycles. The van der Waals surface area contributed by atoms with Crippen LogP contribution in [0.3, 0.4) is 0 Å². The summed E-state index contributed by atoms with van der Waals surface area (Å²) in [6.07, 6.45) is 0. The highest BCUT2D eigenvalue weighted by Gasteiger charge is 2.20. The van der Waals surface area contributed by atoms with Crippen molar-refractivity contribution in [3.05, 3.63) is 57.0 Å². The molecule has 5 heteroatoms. The highest BCUT2D eigenvalue weighted by molar-refractivity contribution is 9.10. The second-order valence-electron chi connectivity index (χ2n) is 4.79. The highest BCUT2D eigenvalue weighted by Crippen LogP contribution is 2.39. The van der Waals surface area contributed by atoms with E-state index >= 15 is 0 Å². The van der Waals surface area contributed by atoms with Crippen LogP contribution in [0.1, 0.15) is 17.2 Å². The van der Waals surface area contributed by atoms with E-state index in [1.165, 1.54) is 0 Å². The largest absolute Gasteiger partial charge is 0.486 e. The Hall–Kier alpha value is -1.23. The van der Waals surface area contributed by atoms with Gasteiger partial charge in [-0.2, -0.15) is 0 Å². The van der Waals surface area contributed by atoms with E-state index in [-0.39, 0.29) is 6.04 Å². The Labute approximate surface area is 137 Å². The van der Waals surface area contributed by atoms with Gasteiger partial charge >= 0.3 is 0 Å². The molecule has 1 N–H and O–H groups in total. The summed E-state index contributed by atoms with van der Waals surface area (Å²) < 4.78 is 12.3. The van der Waals surface area contributed by atoms with Crippen LogP contribution < -0.4 is 14.8 Å². The maximum Gasteiger partial charge on any atom is 0.162 e. The molecule has 3 nitrogen and oxygen atoms in total. The van der Waals surface area contributed by atoms with Crippen LogP contribution >= 0.6 is 27.5 Å². The molecule has 3 rings (SSSR count). The summed E-state index contributed by atoms with van der Waals surface area (Å²) in [7, 11) is 1.93. The Bertz CT molecular complexity index is 645. The van der Waals surface area contributed by atoms with E-state index < -0.39 is 0 Å². The van der Waals surface area contributed by atoms with Crippen molar-refractivity contribution in [1.29, 1.82) is 0 Å². The Morgan fingerprint density at radius 3 is 2.33 bits per heavy atom. The normalized spacial score (nSPS) is 14.8. The summed E-state index contributed by atoms with van der Waals surface area (Å²) in [6, 6.07) is 11.9. The molecule has 0 spiro atoms. The summed E-state index contributed by atoms with van der Waals surface area (Å²) in [5, 5.41) is 4.06. The SMILES string of the molecule is CNC(c1ccc(Cl)cc1)c1cc2c(cc1Br)OCCO2. The molecule has 0 bridgehead atoms. The van der Waals surface area contributed by atoms with Crippen LogP contribution in [0.15, 0.2) is 40.9 Å². The molecule has 0 aliphatic carbocycles. The molecule has 0 radical (unpaired) electrons. The number of ether oxygens (including phenoxy) is 2. The first-order valence-electron chi connectivity index (χ1n) is 6.71. The first kappa shape index (κ1) is 14.7. The third-order valence-corrected chi connectivity index (χ3v) is 4.40. The van der Waals surface area contributed by atoms with Crippen LogP contribution in [0.4, 0.5) is 0 Å². The van der Waals surface area contributed by atoms with Gasteiger partial charge in [-0.1, -0.05) is 39.7 Å². The lowest BCUT2D eigenvalue weighted by atomic mass is 9.98. The van der Waals surface area contributed by atoms with E-state index in [0.717, 1.165) is 32.1 Å². The van der Waals surface area contributed by atoms with Gasteiger partial charge in [0, 0.05) is 9.50 Å². The molecule has 1 unspecified atom stereocenters. The molecule has 0 aromatic heterocycles. The summed E-state index contributed by atoms with van der Waals surface area (Å²) in [4.78, 5) is 0. The zero-order chi connectivity index (χ0) is 14.8. The molecule has 1 aliphatic rings. The molecular formula is C16H15BrClNO2. The maximum atomic E-state index is 5.97. The number of nitrogens with one attached hydrogen (secondary N) is 1. The smallest absolute Gasteiger partial charge is 0.162 e. The van der Waals surface area contributed by atoms with E-state index in [0.29, 0.717) is 13.2 Å². The topological polar surface area (TPSA) is 30.5 Å². The van der Waals surface area contributed by atoms with E-state index in [1.807, 2.05) is 43.4 Å². The zero-order valence-corrected chi connectivity index (χ0v) is 13.9. The van der Waals surface area contributed by atoms with Crippen LogP contribution in [0.25, 0.3) is 0 Å². The van der Waals surface area contributed by atoms with Gasteiger partial charge in [0.15, 0.2) is 11.5 Å². The number of halogens is 2. The Morgan fingerprint density at radius 2 is 1.71 bits per heavy atom. The Balaban J connectivity index is 2.02. The number of rotatable bonds is 3. The zero-order valence-electron chi connectivity index (χ0n) is 11.5. The number of hydrogen-bond acceptors (Lipinski definition) is 3. The van der Waals surface area contributed by atoms with Crippen molar-refractivity contribution < 1.29 is 9.47 Å². The molecule has 0 saturated heterocycles. The van der Waals surface area contributed by atoms with Crippen LogP contribution in [-0.2, 0) is 0 Å². The first-order valence-corrected chi connectivity index (χ1v) is 7.88. The van der Waals surface area contributed by atoms with Gasteiger partial charge in [0.05, 0.1) is 6.04 Å². The fourth-order valence-corrected chi connectivity index (χ4v) is 3.14. The summed E-state index contributed by atoms with van der Waals surface area (Å²) in [5.74, 6) is 1.57. The van der Waals surface area contributed by atoms with Crippen LogP contribution in [0.2, 0.25) is 5.02 Å². The van der Waals surface area contributed by atoms with E-state index in [1.54, 1.807) is 0 Å². The Kier molecular flexibility index (Phi) is 4.38. The van der Waals surface area contributed by atoms with Crippen molar-refractivity contribution in [3.63, 3.8) is 0 Å². The lowest BCUT2D eigenvalue weighted by Crippen LogP contribution is -2.20. The number of hydrogen-bond donors (Lipinski definition) is 1. The third-order valence-electron chi connectivity index (χ3n) is 3.46. The molecule has 1 atom stereocenters. The summed E-state index contributed by atoms with van der Waals surface area (Å²) in [6.45, 7) is 1.17. The number of fused-ring (bicyclic) bond motifs is 1. The predicted molar refractivity (Wildman–Crippen MR) is 87.5 cm³/mol. The van der Waals surface area contributed by atoms with Gasteiger partial charge in [-0.25, -0.2) is 0 Å². The van der Waals surface area contributed by atoms with Gasteiger partial charge in [0.25, 0.3) is 0 Å². The monoisotopic (exact) mass is 367 g/mol. The standard InChI is InChI=1S/C16H15BrClNO2/c1-19-16(10-2-4-11(18)5-3-10)12-8-14-15(9-13(12)17)21-7-6-20-14/h2-5,8-9,16,19H,6-7H2,1H3. The lowest BCUT2D eigenvalue weighted by Gasteiger charge is -2.23. The van der Waals surface area contributed by atoms with Crippen LogP contribution in [-0.4, -0.2) is 20.3 Å². The number of benzene rings is 2. The maximum absolute atomic E-state index is 5.97. The van der Waals surface area contributed by atoms with Crippen molar-refractivity contribution in [2.75, 3.05) is 20.3 Å². The lowest BCUT2D eigenvalue weighted by molar-refractivity contribution is 0.171. The third kappa shape index (κ3) is 3.03. The average molecular weight is 369 g/mol. The summed E-state index contributed by atoms with van der Waals surface area (Å²) in [5.41, 5.74) is 2.24. The average Bonchev–Trinajstić information content (AvgIpc) is 2.50. The second kappa shape index (κ2) is 6.26. The highest BCUT2D eigenvalue weighted by atomic mass is 79.9. The molecular weight excluding hydrogens is 354 g/mol. The predicted octanol–water partition coefficient (Wildman–Crippen LogP) is 4.18. The van der Waals surface area contributed by atoms with Crippen molar-refractivity contribution in [3.8, 4) is 11.5 Å². The van der Waals surface area contributed by atoms with Crippen LogP contribution in [0.5, 0.6) is 11.5 Å². The molecule has 1 heterocycles. The van der Waals surface area contributed by atoms with Gasteiger partial charge in [0.1, 0.15) is 13.2 Å². The molecule has 2 aromatic rings. The van der Waals surface area contributed by atoms with Crippen LogP contribution in [0, 0.1) is 0 Å². The van der Waals surface area contributed by atoms with Crippen molar-refractivity contribution >= 4 is 27.5 Å². The summed E-state index contributed by atoms with van der Waals surface area (Å²) >= 11 is 9.59. The van der Waals surface area contributed by atoms with Gasteiger partial charge in [-0.05, 0) is 42.4 Å². The fourth-order valence-electron chi connectivity index (χ4n) is 2.46. The van der Waals surface area contributed by atoms with Gasteiger partial charge < -0.3 is 14.8 Å². The van der Waals surface area contributed by atoms with Crippen molar-refractivity contribution in [2.45, 2.75) is 6.04 Å². The van der Waals surface area contributed by atoms with E-state index in [2.05, 4.69) is 21.2 Å². The molecule has 0 amide bonds. The minimum absolute atomic E-state index is 0.0486. The fraction of sp³-hybridized carbons (Fsp3) is 0.250. The Morgan fingerprint density at radius 1 is 1.10 bits per heavy atom. The van der Waals surface area contributed by atoms with Gasteiger partial charge in [0.2, 0.25) is 0 Å². The van der Waals surface area contributed by atoms with Crippen molar-refractivity contribution in [1.82, 2.24) is 5.32 Å². The molecule has 21 heavy (non-hydrogen) atoms. The van der Waals surface area contributed by atoms with E-state index in [9.17, 15) is 0 Å². The molecule has 0 fully saturated rings. The first-order chi connectivity index (χ1) is 10.2. The minimum atomic E-state index is 0.0486. The minimum Gasteiger partial charge on any atom is -0.486 e. The molecule has 110 valence electrons. The van der Waals surface area contributed by atoms with E-state index in [4.69, 9.17) is 21.1 Å². The quantitative estimate of drug-likeness (QED) is 0.881. The van der Waals surface area contributed by atoms with Gasteiger partial charge in [-0.15, -0.1) is 0 Å². The second-order valence-corrected chi connectivity index (χ2v) is 6.08. The molecule has 1 aliphatic heterocycles. The van der Waals surface area contributed by atoms with Crippen molar-refractivity contribution in [2.24, 2.45) is 0 Å². The molecule has 2 aromatic carbocycles. The van der Waals surface area contributed by atoms with Gasteiger partial charge in [-0.3, -0.25) is 0 Å².